The summed E-state index contributed by atoms with van der Waals surface area (Å²) in [7, 11) is 0. The molecule has 0 aromatic heterocycles. The summed E-state index contributed by atoms with van der Waals surface area (Å²) in [6.45, 7) is 1.96. The summed E-state index contributed by atoms with van der Waals surface area (Å²) in [5.74, 6) is 0.00921. The van der Waals surface area contributed by atoms with Gasteiger partial charge in [0.05, 0.1) is 18.2 Å². The van der Waals surface area contributed by atoms with E-state index < -0.39 is 0 Å². The number of hydrogen-bond donors (Lipinski definition) is 1. The number of halogens is 1. The molecule has 2 fully saturated rings. The molecule has 1 aromatic rings. The SMILES string of the molecule is Cc1ccc(Br)cc1C(=O)NC1CC2CCC1O2. The summed E-state index contributed by atoms with van der Waals surface area (Å²) < 4.78 is 6.68. The molecule has 2 aliphatic rings. The van der Waals surface area contributed by atoms with Crippen LogP contribution in [0.4, 0.5) is 0 Å². The van der Waals surface area contributed by atoms with E-state index in [1.54, 1.807) is 0 Å². The Hall–Kier alpha value is -0.870. The van der Waals surface area contributed by atoms with Crippen LogP contribution in [0.15, 0.2) is 22.7 Å². The number of ether oxygens (including phenoxy) is 1. The van der Waals surface area contributed by atoms with Gasteiger partial charge < -0.3 is 10.1 Å². The monoisotopic (exact) mass is 309 g/mol. The number of fused-ring (bicyclic) bond motifs is 2. The van der Waals surface area contributed by atoms with E-state index in [4.69, 9.17) is 4.74 Å². The zero-order valence-electron chi connectivity index (χ0n) is 10.3. The van der Waals surface area contributed by atoms with Crippen molar-refractivity contribution in [1.82, 2.24) is 5.32 Å². The van der Waals surface area contributed by atoms with Crippen molar-refractivity contribution in [2.75, 3.05) is 0 Å². The minimum Gasteiger partial charge on any atom is -0.373 e. The van der Waals surface area contributed by atoms with Crippen molar-refractivity contribution >= 4 is 21.8 Å². The average molecular weight is 310 g/mol. The van der Waals surface area contributed by atoms with Gasteiger partial charge in [-0.15, -0.1) is 0 Å². The third kappa shape index (κ3) is 2.19. The maximum Gasteiger partial charge on any atom is 0.251 e. The van der Waals surface area contributed by atoms with Gasteiger partial charge in [0.2, 0.25) is 0 Å². The van der Waals surface area contributed by atoms with E-state index in [-0.39, 0.29) is 18.1 Å². The molecular formula is C14H16BrNO2. The molecular weight excluding hydrogens is 294 g/mol. The molecule has 3 nitrogen and oxygen atoms in total. The molecule has 0 saturated carbocycles. The Morgan fingerprint density at radius 3 is 2.94 bits per heavy atom. The maximum absolute atomic E-state index is 12.3. The second kappa shape index (κ2) is 4.67. The molecule has 3 unspecified atom stereocenters. The Labute approximate surface area is 115 Å². The first kappa shape index (κ1) is 12.2. The van der Waals surface area contributed by atoms with Crippen LogP contribution < -0.4 is 5.32 Å². The highest BCUT2D eigenvalue weighted by Crippen LogP contribution is 2.34. The summed E-state index contributed by atoms with van der Waals surface area (Å²) in [4.78, 5) is 12.3. The third-order valence-corrected chi connectivity index (χ3v) is 4.36. The van der Waals surface area contributed by atoms with Gasteiger partial charge in [-0.05, 0) is 43.9 Å². The Balaban J connectivity index is 1.73. The second-order valence-electron chi connectivity index (χ2n) is 5.15. The summed E-state index contributed by atoms with van der Waals surface area (Å²) in [5.41, 5.74) is 1.74. The van der Waals surface area contributed by atoms with Crippen molar-refractivity contribution in [3.63, 3.8) is 0 Å². The number of benzene rings is 1. The zero-order valence-corrected chi connectivity index (χ0v) is 11.9. The van der Waals surface area contributed by atoms with E-state index in [1.165, 1.54) is 0 Å². The van der Waals surface area contributed by atoms with E-state index in [9.17, 15) is 4.79 Å². The van der Waals surface area contributed by atoms with Crippen LogP contribution >= 0.6 is 15.9 Å². The van der Waals surface area contributed by atoms with Crippen molar-refractivity contribution in [3.05, 3.63) is 33.8 Å². The fourth-order valence-electron chi connectivity index (χ4n) is 2.87. The summed E-state index contributed by atoms with van der Waals surface area (Å²) in [6, 6.07) is 5.97. The third-order valence-electron chi connectivity index (χ3n) is 3.87. The molecule has 1 amide bonds. The fraction of sp³-hybridized carbons (Fsp3) is 0.500. The predicted octanol–water partition coefficient (Wildman–Crippen LogP) is 2.81. The Morgan fingerprint density at radius 1 is 1.44 bits per heavy atom. The van der Waals surface area contributed by atoms with Crippen LogP contribution in [0.2, 0.25) is 0 Å². The number of carbonyl (C=O) groups is 1. The molecule has 96 valence electrons. The zero-order chi connectivity index (χ0) is 12.7. The highest BCUT2D eigenvalue weighted by molar-refractivity contribution is 9.10. The Morgan fingerprint density at radius 2 is 2.28 bits per heavy atom. The number of nitrogens with one attached hydrogen (secondary N) is 1. The Bertz CT molecular complexity index is 489. The molecule has 0 aliphatic carbocycles. The first-order chi connectivity index (χ1) is 8.63. The molecule has 4 heteroatoms. The lowest BCUT2D eigenvalue weighted by molar-refractivity contribution is 0.0840. The van der Waals surface area contributed by atoms with Crippen molar-refractivity contribution in [2.24, 2.45) is 0 Å². The van der Waals surface area contributed by atoms with Crippen LogP contribution in [0, 0.1) is 6.92 Å². The van der Waals surface area contributed by atoms with Gasteiger partial charge in [-0.25, -0.2) is 0 Å². The first-order valence-corrected chi connectivity index (χ1v) is 7.15. The molecule has 2 bridgehead atoms. The molecule has 2 aliphatic heterocycles. The number of carbonyl (C=O) groups excluding carboxylic acids is 1. The number of aryl methyl sites for hydroxylation is 1. The van der Waals surface area contributed by atoms with Gasteiger partial charge in [0, 0.05) is 10.0 Å². The van der Waals surface area contributed by atoms with E-state index >= 15 is 0 Å². The lowest BCUT2D eigenvalue weighted by Gasteiger charge is -2.20. The standard InChI is InChI=1S/C14H16BrNO2/c1-8-2-3-9(15)6-11(8)14(17)16-12-7-10-4-5-13(12)18-10/h2-3,6,10,12-13H,4-5,7H2,1H3,(H,16,17). The summed E-state index contributed by atoms with van der Waals surface area (Å²) in [5, 5.41) is 3.11. The van der Waals surface area contributed by atoms with E-state index in [0.29, 0.717) is 6.10 Å². The smallest absolute Gasteiger partial charge is 0.251 e. The van der Waals surface area contributed by atoms with Gasteiger partial charge >= 0.3 is 0 Å². The average Bonchev–Trinajstić information content (AvgIpc) is 2.94. The van der Waals surface area contributed by atoms with E-state index in [0.717, 1.165) is 34.9 Å². The topological polar surface area (TPSA) is 38.3 Å². The lowest BCUT2D eigenvalue weighted by Crippen LogP contribution is -2.41. The molecule has 2 saturated heterocycles. The quantitative estimate of drug-likeness (QED) is 0.912. The van der Waals surface area contributed by atoms with Gasteiger partial charge in [-0.1, -0.05) is 22.0 Å². The minimum absolute atomic E-state index is 0.00921. The Kier molecular flexibility index (Phi) is 3.16. The molecule has 3 rings (SSSR count). The van der Waals surface area contributed by atoms with E-state index in [1.807, 2.05) is 25.1 Å². The van der Waals surface area contributed by atoms with Crippen molar-refractivity contribution < 1.29 is 9.53 Å². The molecule has 1 N–H and O–H groups in total. The van der Waals surface area contributed by atoms with Crippen LogP contribution in [0.25, 0.3) is 0 Å². The summed E-state index contributed by atoms with van der Waals surface area (Å²) >= 11 is 3.41. The lowest BCUT2D eigenvalue weighted by atomic mass is 9.95. The molecule has 0 spiro atoms. The number of hydrogen-bond acceptors (Lipinski definition) is 2. The van der Waals surface area contributed by atoms with Crippen LogP contribution in [-0.2, 0) is 4.74 Å². The van der Waals surface area contributed by atoms with E-state index in [2.05, 4.69) is 21.2 Å². The summed E-state index contributed by atoms with van der Waals surface area (Å²) in [6.07, 6.45) is 3.78. The van der Waals surface area contributed by atoms with Crippen molar-refractivity contribution in [2.45, 2.75) is 44.4 Å². The first-order valence-electron chi connectivity index (χ1n) is 6.36. The van der Waals surface area contributed by atoms with Gasteiger partial charge in [-0.2, -0.15) is 0 Å². The predicted molar refractivity (Wildman–Crippen MR) is 72.6 cm³/mol. The molecule has 18 heavy (non-hydrogen) atoms. The number of amides is 1. The highest BCUT2D eigenvalue weighted by atomic mass is 79.9. The molecule has 1 aromatic carbocycles. The van der Waals surface area contributed by atoms with Crippen LogP contribution in [0.1, 0.15) is 35.2 Å². The van der Waals surface area contributed by atoms with Gasteiger partial charge in [0.15, 0.2) is 0 Å². The maximum atomic E-state index is 12.3. The normalized spacial score (nSPS) is 29.6. The van der Waals surface area contributed by atoms with Gasteiger partial charge in [0.1, 0.15) is 0 Å². The van der Waals surface area contributed by atoms with Crippen molar-refractivity contribution in [3.8, 4) is 0 Å². The second-order valence-corrected chi connectivity index (χ2v) is 6.06. The molecule has 3 atom stereocenters. The molecule has 2 heterocycles. The van der Waals surface area contributed by atoms with Gasteiger partial charge in [0.25, 0.3) is 5.91 Å². The highest BCUT2D eigenvalue weighted by Gasteiger charge is 2.41. The van der Waals surface area contributed by atoms with Gasteiger partial charge in [-0.3, -0.25) is 4.79 Å². The number of rotatable bonds is 2. The molecule has 0 radical (unpaired) electrons. The van der Waals surface area contributed by atoms with Crippen LogP contribution in [0.5, 0.6) is 0 Å². The van der Waals surface area contributed by atoms with Crippen LogP contribution in [-0.4, -0.2) is 24.2 Å². The van der Waals surface area contributed by atoms with Crippen molar-refractivity contribution in [1.29, 1.82) is 0 Å². The minimum atomic E-state index is 0.00921. The van der Waals surface area contributed by atoms with Crippen LogP contribution in [0.3, 0.4) is 0 Å². The largest absolute Gasteiger partial charge is 0.373 e. The fourth-order valence-corrected chi connectivity index (χ4v) is 3.24.